The van der Waals surface area contributed by atoms with Gasteiger partial charge in [-0.05, 0) is 30.0 Å². The molecule has 7 heteroatoms. The van der Waals surface area contributed by atoms with Gasteiger partial charge in [0.1, 0.15) is 17.6 Å². The number of rotatable bonds is 0. The minimum absolute atomic E-state index is 0.108. The largest absolute Gasteiger partial charge is 0.446 e. The fourth-order valence-corrected chi connectivity index (χ4v) is 4.41. The summed E-state index contributed by atoms with van der Waals surface area (Å²) >= 11 is 0. The van der Waals surface area contributed by atoms with Crippen LogP contribution in [-0.2, 0) is 4.79 Å². The number of Topliss-reactive ketones (excluding diaryl/α,β-unsaturated/α-hetero) is 1. The van der Waals surface area contributed by atoms with Crippen LogP contribution in [0.4, 0.5) is 0 Å². The van der Waals surface area contributed by atoms with Gasteiger partial charge in [-0.25, -0.2) is 0 Å². The second-order valence-electron chi connectivity index (χ2n) is 7.23. The molecular weight excluding hydrogens is 352 g/mol. The zero-order valence-electron chi connectivity index (χ0n) is 14.2. The van der Waals surface area contributed by atoms with Gasteiger partial charge in [0.05, 0.1) is 11.5 Å². The van der Waals surface area contributed by atoms with Gasteiger partial charge in [-0.1, -0.05) is 24.3 Å². The number of carbonyl (C=O) groups excluding carboxylic acids is 1. The minimum Gasteiger partial charge on any atom is -0.446 e. The maximum Gasteiger partial charge on any atom is 0.320 e. The fraction of sp³-hybridized carbons (Fsp3) is 0.350. The fourth-order valence-electron chi connectivity index (χ4n) is 4.41. The van der Waals surface area contributed by atoms with E-state index in [-0.39, 0.29) is 18.4 Å². The van der Waals surface area contributed by atoms with Crippen molar-refractivity contribution in [1.29, 1.82) is 0 Å². The van der Waals surface area contributed by atoms with Gasteiger partial charge < -0.3 is 29.9 Å². The van der Waals surface area contributed by atoms with E-state index in [9.17, 15) is 25.2 Å². The summed E-state index contributed by atoms with van der Waals surface area (Å²) in [4.78, 5) is 12.8. The Hall–Kier alpha value is -2.45. The van der Waals surface area contributed by atoms with Crippen LogP contribution in [-0.4, -0.2) is 55.9 Å². The molecule has 2 aromatic carbocycles. The molecule has 2 aliphatic carbocycles. The van der Waals surface area contributed by atoms with E-state index in [0.29, 0.717) is 16.9 Å². The zero-order chi connectivity index (χ0) is 19.0. The van der Waals surface area contributed by atoms with Crippen molar-refractivity contribution in [2.75, 3.05) is 0 Å². The molecule has 4 atom stereocenters. The monoisotopic (exact) mass is 370 g/mol. The highest BCUT2D eigenvalue weighted by Gasteiger charge is 2.72. The molecule has 0 saturated heterocycles. The molecule has 0 unspecified atom stereocenters. The van der Waals surface area contributed by atoms with E-state index >= 15 is 0 Å². The van der Waals surface area contributed by atoms with E-state index in [1.54, 1.807) is 24.3 Å². The molecule has 3 aliphatic rings. The van der Waals surface area contributed by atoms with E-state index in [4.69, 9.17) is 9.47 Å². The number of fused-ring (bicyclic) bond motifs is 2. The van der Waals surface area contributed by atoms with Gasteiger partial charge in [-0.15, -0.1) is 0 Å². The molecule has 7 nitrogen and oxygen atoms in total. The summed E-state index contributed by atoms with van der Waals surface area (Å²) in [6.07, 6.45) is -3.30. The SMILES string of the molecule is O=C1CC[C@H](O)C2=C[C@H](O)[C@H](O)C3(Oc4cccc5cccc(c45)O3)[C@]12O. The summed E-state index contributed by atoms with van der Waals surface area (Å²) in [7, 11) is 0. The second kappa shape index (κ2) is 5.30. The van der Waals surface area contributed by atoms with Crippen molar-refractivity contribution in [3.05, 3.63) is 48.0 Å². The summed E-state index contributed by atoms with van der Waals surface area (Å²) in [5, 5.41) is 44.5. The van der Waals surface area contributed by atoms with Crippen LogP contribution in [0.15, 0.2) is 48.0 Å². The van der Waals surface area contributed by atoms with Crippen LogP contribution in [0.3, 0.4) is 0 Å². The third-order valence-corrected chi connectivity index (χ3v) is 5.74. The molecule has 1 spiro atoms. The third kappa shape index (κ3) is 1.92. The van der Waals surface area contributed by atoms with Crippen molar-refractivity contribution in [3.63, 3.8) is 0 Å². The van der Waals surface area contributed by atoms with Crippen LogP contribution in [0.1, 0.15) is 12.8 Å². The molecule has 0 bridgehead atoms. The molecule has 0 radical (unpaired) electrons. The van der Waals surface area contributed by atoms with Crippen LogP contribution in [0.25, 0.3) is 10.8 Å². The molecule has 140 valence electrons. The van der Waals surface area contributed by atoms with E-state index in [0.717, 1.165) is 11.5 Å². The number of ketones is 1. The molecule has 0 aromatic heterocycles. The summed E-state index contributed by atoms with van der Waals surface area (Å²) in [6, 6.07) is 10.5. The van der Waals surface area contributed by atoms with Crippen LogP contribution in [0.5, 0.6) is 11.5 Å². The summed E-state index contributed by atoms with van der Waals surface area (Å²) in [5.74, 6) is -2.33. The second-order valence-corrected chi connectivity index (χ2v) is 7.23. The predicted molar refractivity (Wildman–Crippen MR) is 93.2 cm³/mol. The summed E-state index contributed by atoms with van der Waals surface area (Å²) < 4.78 is 11.9. The lowest BCUT2D eigenvalue weighted by Crippen LogP contribution is -2.78. The van der Waals surface area contributed by atoms with Crippen molar-refractivity contribution in [1.82, 2.24) is 0 Å². The third-order valence-electron chi connectivity index (χ3n) is 5.74. The van der Waals surface area contributed by atoms with Crippen molar-refractivity contribution < 1.29 is 34.7 Å². The Labute approximate surface area is 154 Å². The Bertz CT molecular complexity index is 956. The summed E-state index contributed by atoms with van der Waals surface area (Å²) in [5.41, 5.74) is -2.54. The van der Waals surface area contributed by atoms with Crippen LogP contribution >= 0.6 is 0 Å². The van der Waals surface area contributed by atoms with Gasteiger partial charge in [0.25, 0.3) is 0 Å². The number of benzene rings is 2. The molecule has 1 aliphatic heterocycles. The van der Waals surface area contributed by atoms with Gasteiger partial charge in [0.15, 0.2) is 11.9 Å². The topological polar surface area (TPSA) is 116 Å². The number of aliphatic hydroxyl groups excluding tert-OH is 3. The van der Waals surface area contributed by atoms with Crippen LogP contribution in [0.2, 0.25) is 0 Å². The number of hydrogen-bond acceptors (Lipinski definition) is 7. The minimum atomic E-state index is -2.43. The van der Waals surface area contributed by atoms with Crippen molar-refractivity contribution in [3.8, 4) is 11.5 Å². The number of aliphatic hydroxyl groups is 4. The van der Waals surface area contributed by atoms with Crippen LogP contribution in [0, 0.1) is 0 Å². The normalized spacial score (nSPS) is 33.9. The molecule has 0 amide bonds. The average Bonchev–Trinajstić information content (AvgIpc) is 2.66. The van der Waals surface area contributed by atoms with E-state index in [1.807, 2.05) is 12.1 Å². The molecule has 5 rings (SSSR count). The Morgan fingerprint density at radius 1 is 1.00 bits per heavy atom. The molecule has 1 heterocycles. The highest BCUT2D eigenvalue weighted by Crippen LogP contribution is 2.52. The molecule has 2 aromatic rings. The van der Waals surface area contributed by atoms with Crippen molar-refractivity contribution in [2.24, 2.45) is 0 Å². The Morgan fingerprint density at radius 2 is 1.63 bits per heavy atom. The number of carbonyl (C=O) groups is 1. The smallest absolute Gasteiger partial charge is 0.320 e. The maximum absolute atomic E-state index is 12.8. The molecular formula is C20H18O7. The average molecular weight is 370 g/mol. The summed E-state index contributed by atoms with van der Waals surface area (Å²) in [6.45, 7) is 0. The van der Waals surface area contributed by atoms with E-state index < -0.39 is 35.5 Å². The molecule has 1 fully saturated rings. The quantitative estimate of drug-likeness (QED) is 0.497. The van der Waals surface area contributed by atoms with Crippen molar-refractivity contribution in [2.45, 2.75) is 42.5 Å². The van der Waals surface area contributed by atoms with E-state index in [2.05, 4.69) is 0 Å². The van der Waals surface area contributed by atoms with Gasteiger partial charge >= 0.3 is 5.79 Å². The Balaban J connectivity index is 1.78. The first-order valence-corrected chi connectivity index (χ1v) is 8.80. The molecule has 27 heavy (non-hydrogen) atoms. The lowest BCUT2D eigenvalue weighted by molar-refractivity contribution is -0.288. The van der Waals surface area contributed by atoms with Gasteiger partial charge in [-0.3, -0.25) is 4.79 Å². The first-order valence-electron chi connectivity index (χ1n) is 8.80. The first kappa shape index (κ1) is 16.7. The number of ether oxygens (including phenoxy) is 2. The van der Waals surface area contributed by atoms with Crippen LogP contribution < -0.4 is 9.47 Å². The zero-order valence-corrected chi connectivity index (χ0v) is 14.2. The lowest BCUT2D eigenvalue weighted by atomic mass is 9.66. The lowest BCUT2D eigenvalue weighted by Gasteiger charge is -2.54. The molecule has 1 saturated carbocycles. The van der Waals surface area contributed by atoms with Gasteiger partial charge in [0, 0.05) is 12.0 Å². The van der Waals surface area contributed by atoms with Gasteiger partial charge in [-0.2, -0.15) is 0 Å². The van der Waals surface area contributed by atoms with E-state index in [1.165, 1.54) is 0 Å². The van der Waals surface area contributed by atoms with Gasteiger partial charge in [0.2, 0.25) is 5.60 Å². The molecule has 4 N–H and O–H groups in total. The predicted octanol–water partition coefficient (Wildman–Crippen LogP) is 0.424. The Kier molecular flexibility index (Phi) is 3.28. The first-order chi connectivity index (χ1) is 12.9. The standard InChI is InChI=1S/C20H18O7/c21-12-7-8-16(23)19(25)11(12)9-13(22)18(24)20(19)26-14-5-1-3-10-4-2-6-15(27-20)17(10)14/h1-6,9,12-13,18,21-22,24-25H,7-8H2/t12-,13-,18-,19+/m0/s1. The highest BCUT2D eigenvalue weighted by atomic mass is 16.7. The highest BCUT2D eigenvalue weighted by molar-refractivity contribution is 5.97. The maximum atomic E-state index is 12.8. The van der Waals surface area contributed by atoms with Crippen molar-refractivity contribution >= 4 is 16.6 Å². The Morgan fingerprint density at radius 3 is 2.26 bits per heavy atom. The number of hydrogen-bond donors (Lipinski definition) is 4.